The van der Waals surface area contributed by atoms with Crippen molar-refractivity contribution in [2.75, 3.05) is 11.9 Å². The second-order valence-corrected chi connectivity index (χ2v) is 5.72. The molecule has 1 aromatic heterocycles. The van der Waals surface area contributed by atoms with Gasteiger partial charge in [-0.3, -0.25) is 9.59 Å². The summed E-state index contributed by atoms with van der Waals surface area (Å²) in [6, 6.07) is 3.66. The molecule has 0 unspecified atom stereocenters. The molecule has 1 aliphatic carbocycles. The Morgan fingerprint density at radius 1 is 1.24 bits per heavy atom. The summed E-state index contributed by atoms with van der Waals surface area (Å²) in [5, 5.41) is 5.53. The van der Waals surface area contributed by atoms with E-state index < -0.39 is 0 Å². The van der Waals surface area contributed by atoms with Crippen LogP contribution in [0.3, 0.4) is 0 Å². The fourth-order valence-electron chi connectivity index (χ4n) is 2.61. The number of carbonyl (C=O) groups is 2. The predicted molar refractivity (Wildman–Crippen MR) is 81.8 cm³/mol. The Bertz CT molecular complexity index is 479. The van der Waals surface area contributed by atoms with E-state index in [1.807, 2.05) is 13.0 Å². The van der Waals surface area contributed by atoms with Gasteiger partial charge >= 0.3 is 0 Å². The quantitative estimate of drug-likeness (QED) is 0.845. The van der Waals surface area contributed by atoms with E-state index in [9.17, 15) is 9.59 Å². The summed E-state index contributed by atoms with van der Waals surface area (Å²) >= 11 is 0. The van der Waals surface area contributed by atoms with Crippen molar-refractivity contribution in [3.05, 3.63) is 23.9 Å². The smallest absolute Gasteiger partial charge is 0.227 e. The molecule has 0 atom stereocenters. The van der Waals surface area contributed by atoms with Crippen molar-refractivity contribution in [1.82, 2.24) is 10.3 Å². The van der Waals surface area contributed by atoms with E-state index >= 15 is 0 Å². The summed E-state index contributed by atoms with van der Waals surface area (Å²) in [6.45, 7) is 2.32. The van der Waals surface area contributed by atoms with Crippen molar-refractivity contribution in [1.29, 1.82) is 0 Å². The Balaban J connectivity index is 1.62. The summed E-state index contributed by atoms with van der Waals surface area (Å²) < 4.78 is 0. The molecule has 1 aromatic rings. The number of hydrogen-bond donors (Lipinski definition) is 2. The lowest BCUT2D eigenvalue weighted by atomic mass is 10.0. The van der Waals surface area contributed by atoms with Gasteiger partial charge in [0, 0.05) is 25.6 Å². The van der Waals surface area contributed by atoms with Gasteiger partial charge in [0.2, 0.25) is 11.8 Å². The molecular weight excluding hydrogens is 266 g/mol. The van der Waals surface area contributed by atoms with E-state index in [0.717, 1.165) is 18.4 Å². The van der Waals surface area contributed by atoms with Gasteiger partial charge in [0.1, 0.15) is 5.82 Å². The van der Waals surface area contributed by atoms with Crippen LogP contribution in [0, 0.1) is 12.8 Å². The number of nitrogens with zero attached hydrogens (tertiary/aromatic N) is 1. The average Bonchev–Trinajstić information content (AvgIpc) is 2.94. The molecule has 1 aliphatic rings. The minimum Gasteiger partial charge on any atom is -0.356 e. The number of amides is 2. The Morgan fingerprint density at radius 2 is 2.00 bits per heavy atom. The van der Waals surface area contributed by atoms with E-state index in [1.54, 1.807) is 12.3 Å². The molecule has 0 radical (unpaired) electrons. The molecule has 21 heavy (non-hydrogen) atoms. The van der Waals surface area contributed by atoms with Gasteiger partial charge in [-0.1, -0.05) is 18.9 Å². The lowest BCUT2D eigenvalue weighted by Gasteiger charge is -2.09. The highest BCUT2D eigenvalue weighted by Crippen LogP contribution is 2.27. The largest absolute Gasteiger partial charge is 0.356 e. The van der Waals surface area contributed by atoms with Crippen LogP contribution in [0.2, 0.25) is 0 Å². The van der Waals surface area contributed by atoms with Gasteiger partial charge in [-0.2, -0.15) is 0 Å². The third-order valence-electron chi connectivity index (χ3n) is 3.80. The first kappa shape index (κ1) is 15.5. The number of anilines is 1. The van der Waals surface area contributed by atoms with Crippen LogP contribution in [0.4, 0.5) is 5.82 Å². The van der Waals surface area contributed by atoms with E-state index in [1.165, 1.54) is 12.8 Å². The molecule has 0 aromatic carbocycles. The minimum absolute atomic E-state index is 0.0585. The van der Waals surface area contributed by atoms with Crippen LogP contribution in [0.25, 0.3) is 0 Å². The monoisotopic (exact) mass is 289 g/mol. The van der Waals surface area contributed by atoms with E-state index in [-0.39, 0.29) is 18.2 Å². The average molecular weight is 289 g/mol. The van der Waals surface area contributed by atoms with Crippen LogP contribution in [-0.4, -0.2) is 23.3 Å². The zero-order valence-electron chi connectivity index (χ0n) is 12.5. The van der Waals surface area contributed by atoms with Gasteiger partial charge in [-0.25, -0.2) is 4.98 Å². The maximum absolute atomic E-state index is 11.7. The summed E-state index contributed by atoms with van der Waals surface area (Å²) in [6.07, 6.45) is 7.37. The number of carbonyl (C=O) groups excluding carboxylic acids is 2. The fraction of sp³-hybridized carbons (Fsp3) is 0.562. The summed E-state index contributed by atoms with van der Waals surface area (Å²) in [5.74, 6) is 1.01. The minimum atomic E-state index is -0.132. The molecule has 5 heteroatoms. The zero-order valence-corrected chi connectivity index (χ0v) is 12.5. The summed E-state index contributed by atoms with van der Waals surface area (Å²) in [7, 11) is 0. The van der Waals surface area contributed by atoms with E-state index in [4.69, 9.17) is 0 Å². The molecule has 2 rings (SSSR count). The van der Waals surface area contributed by atoms with Crippen LogP contribution in [0.5, 0.6) is 0 Å². The number of rotatable bonds is 6. The van der Waals surface area contributed by atoms with Crippen molar-refractivity contribution < 1.29 is 9.59 Å². The van der Waals surface area contributed by atoms with Gasteiger partial charge in [-0.05, 0) is 37.3 Å². The first-order valence-corrected chi connectivity index (χ1v) is 7.62. The standard InChI is InChI=1S/C16H23N3O2/c1-12-6-7-14(18-11-12)19-15(20)8-9-17-16(21)10-13-4-2-3-5-13/h6-7,11,13H,2-5,8-10H2,1H3,(H,17,21)(H,18,19,20). The highest BCUT2D eigenvalue weighted by Gasteiger charge is 2.18. The number of hydrogen-bond acceptors (Lipinski definition) is 3. The topological polar surface area (TPSA) is 71.1 Å². The molecule has 114 valence electrons. The molecule has 1 heterocycles. The van der Waals surface area contributed by atoms with Crippen LogP contribution in [-0.2, 0) is 9.59 Å². The predicted octanol–water partition coefficient (Wildman–Crippen LogP) is 2.42. The highest BCUT2D eigenvalue weighted by molar-refractivity contribution is 5.90. The van der Waals surface area contributed by atoms with Crippen molar-refractivity contribution in [2.45, 2.75) is 45.4 Å². The molecule has 5 nitrogen and oxygen atoms in total. The Morgan fingerprint density at radius 3 is 2.67 bits per heavy atom. The Kier molecular flexibility index (Phi) is 5.72. The van der Waals surface area contributed by atoms with Crippen molar-refractivity contribution in [2.24, 2.45) is 5.92 Å². The SMILES string of the molecule is Cc1ccc(NC(=O)CCNC(=O)CC2CCCC2)nc1. The first-order valence-electron chi connectivity index (χ1n) is 7.62. The van der Waals surface area contributed by atoms with Crippen molar-refractivity contribution in [3.8, 4) is 0 Å². The molecule has 2 amide bonds. The third kappa shape index (κ3) is 5.53. The first-order chi connectivity index (χ1) is 10.1. The molecule has 0 aliphatic heterocycles. The molecular formula is C16H23N3O2. The fourth-order valence-corrected chi connectivity index (χ4v) is 2.61. The zero-order chi connectivity index (χ0) is 15.1. The van der Waals surface area contributed by atoms with Gasteiger partial charge in [0.25, 0.3) is 0 Å². The second kappa shape index (κ2) is 7.76. The van der Waals surface area contributed by atoms with E-state index in [0.29, 0.717) is 24.7 Å². The van der Waals surface area contributed by atoms with Gasteiger partial charge in [-0.15, -0.1) is 0 Å². The van der Waals surface area contributed by atoms with Crippen molar-refractivity contribution >= 4 is 17.6 Å². The van der Waals surface area contributed by atoms with Crippen molar-refractivity contribution in [3.63, 3.8) is 0 Å². The van der Waals surface area contributed by atoms with Gasteiger partial charge in [0.05, 0.1) is 0 Å². The summed E-state index contributed by atoms with van der Waals surface area (Å²) in [5.41, 5.74) is 1.05. The molecule has 0 spiro atoms. The normalized spacial score (nSPS) is 14.9. The molecule has 1 fully saturated rings. The van der Waals surface area contributed by atoms with Crippen LogP contribution in [0.1, 0.15) is 44.1 Å². The molecule has 2 N–H and O–H groups in total. The number of pyridine rings is 1. The maximum Gasteiger partial charge on any atom is 0.227 e. The maximum atomic E-state index is 11.7. The Labute approximate surface area is 125 Å². The number of aryl methyl sites for hydroxylation is 1. The number of nitrogens with one attached hydrogen (secondary N) is 2. The van der Waals surface area contributed by atoms with Gasteiger partial charge < -0.3 is 10.6 Å². The van der Waals surface area contributed by atoms with Crippen LogP contribution >= 0.6 is 0 Å². The lowest BCUT2D eigenvalue weighted by Crippen LogP contribution is -2.28. The van der Waals surface area contributed by atoms with E-state index in [2.05, 4.69) is 15.6 Å². The molecule has 1 saturated carbocycles. The Hall–Kier alpha value is -1.91. The molecule has 0 bridgehead atoms. The lowest BCUT2D eigenvalue weighted by molar-refractivity contribution is -0.122. The number of aromatic nitrogens is 1. The van der Waals surface area contributed by atoms with Crippen LogP contribution < -0.4 is 10.6 Å². The van der Waals surface area contributed by atoms with Gasteiger partial charge in [0.15, 0.2) is 0 Å². The highest BCUT2D eigenvalue weighted by atomic mass is 16.2. The second-order valence-electron chi connectivity index (χ2n) is 5.72. The third-order valence-corrected chi connectivity index (χ3v) is 3.80. The van der Waals surface area contributed by atoms with Crippen LogP contribution in [0.15, 0.2) is 18.3 Å². The summed E-state index contributed by atoms with van der Waals surface area (Å²) in [4.78, 5) is 27.6. The molecule has 0 saturated heterocycles.